The van der Waals surface area contributed by atoms with Crippen molar-refractivity contribution in [2.75, 3.05) is 26.2 Å². The fourth-order valence-electron chi connectivity index (χ4n) is 3.99. The average Bonchev–Trinajstić information content (AvgIpc) is 2.89. The van der Waals surface area contributed by atoms with Gasteiger partial charge in [-0.25, -0.2) is 4.39 Å². The molecule has 2 aromatic rings. The second kappa shape index (κ2) is 5.94. The molecule has 0 unspecified atom stereocenters. The molecule has 2 saturated heterocycles. The van der Waals surface area contributed by atoms with E-state index in [1.165, 1.54) is 32.4 Å². The molecule has 22 heavy (non-hydrogen) atoms. The summed E-state index contributed by atoms with van der Waals surface area (Å²) in [4.78, 5) is 9.59. The van der Waals surface area contributed by atoms with E-state index in [2.05, 4.69) is 14.8 Å². The summed E-state index contributed by atoms with van der Waals surface area (Å²) in [6.45, 7) is 5.62. The van der Waals surface area contributed by atoms with Crippen molar-refractivity contribution in [1.82, 2.24) is 14.8 Å². The average molecular weight is 299 g/mol. The molecule has 0 radical (unpaired) electrons. The molecule has 3 heterocycles. The van der Waals surface area contributed by atoms with Gasteiger partial charge in [-0.2, -0.15) is 0 Å². The van der Waals surface area contributed by atoms with Crippen LogP contribution in [0.1, 0.15) is 24.8 Å². The first-order chi connectivity index (χ1) is 10.8. The molecule has 0 aliphatic carbocycles. The van der Waals surface area contributed by atoms with E-state index >= 15 is 0 Å². The van der Waals surface area contributed by atoms with Gasteiger partial charge in [-0.05, 0) is 62.7 Å². The zero-order chi connectivity index (χ0) is 14.9. The van der Waals surface area contributed by atoms with Crippen molar-refractivity contribution in [3.05, 3.63) is 41.8 Å². The molecule has 1 aromatic carbocycles. The molecule has 0 N–H and O–H groups in total. The quantitative estimate of drug-likeness (QED) is 0.849. The van der Waals surface area contributed by atoms with Gasteiger partial charge in [0.15, 0.2) is 0 Å². The highest BCUT2D eigenvalue weighted by Gasteiger charge is 2.28. The van der Waals surface area contributed by atoms with Crippen LogP contribution in [0.25, 0.3) is 10.9 Å². The van der Waals surface area contributed by atoms with Crippen molar-refractivity contribution in [2.24, 2.45) is 0 Å². The maximum Gasteiger partial charge on any atom is 0.132 e. The van der Waals surface area contributed by atoms with Gasteiger partial charge in [0.05, 0.1) is 5.52 Å². The number of rotatable bonds is 2. The Morgan fingerprint density at radius 2 is 2.05 bits per heavy atom. The highest BCUT2D eigenvalue weighted by atomic mass is 19.1. The summed E-state index contributed by atoms with van der Waals surface area (Å²) >= 11 is 0. The van der Waals surface area contributed by atoms with Crippen molar-refractivity contribution in [1.29, 1.82) is 0 Å². The predicted molar refractivity (Wildman–Crippen MR) is 86.2 cm³/mol. The maximum absolute atomic E-state index is 13.9. The van der Waals surface area contributed by atoms with E-state index in [1.807, 2.05) is 12.1 Å². The lowest BCUT2D eigenvalue weighted by Crippen LogP contribution is -2.36. The van der Waals surface area contributed by atoms with Gasteiger partial charge < -0.3 is 0 Å². The van der Waals surface area contributed by atoms with Crippen molar-refractivity contribution < 1.29 is 4.39 Å². The molecule has 0 saturated carbocycles. The summed E-state index contributed by atoms with van der Waals surface area (Å²) < 4.78 is 13.9. The van der Waals surface area contributed by atoms with Crippen molar-refractivity contribution in [3.63, 3.8) is 0 Å². The van der Waals surface area contributed by atoms with Gasteiger partial charge >= 0.3 is 0 Å². The van der Waals surface area contributed by atoms with E-state index in [9.17, 15) is 4.39 Å². The number of hydrogen-bond acceptors (Lipinski definition) is 3. The summed E-state index contributed by atoms with van der Waals surface area (Å²) in [7, 11) is 0. The predicted octanol–water partition coefficient (Wildman–Crippen LogP) is 3.04. The smallest absolute Gasteiger partial charge is 0.132 e. The number of nitrogens with zero attached hydrogens (tertiary/aromatic N) is 3. The summed E-state index contributed by atoms with van der Waals surface area (Å²) in [6.07, 6.45) is 5.63. The van der Waals surface area contributed by atoms with Crippen molar-refractivity contribution in [2.45, 2.75) is 31.8 Å². The molecule has 0 amide bonds. The molecule has 1 aromatic heterocycles. The van der Waals surface area contributed by atoms with E-state index in [1.54, 1.807) is 18.3 Å². The lowest BCUT2D eigenvalue weighted by Gasteiger charge is -2.25. The third-order valence-electron chi connectivity index (χ3n) is 5.08. The number of fused-ring (bicyclic) bond motifs is 2. The fraction of sp³-hybridized carbons (Fsp3) is 0.500. The molecular weight excluding hydrogens is 277 g/mol. The van der Waals surface area contributed by atoms with Crippen LogP contribution in [-0.2, 0) is 6.54 Å². The Hall–Kier alpha value is -1.52. The first-order valence-corrected chi connectivity index (χ1v) is 8.30. The number of benzene rings is 1. The number of aromatic nitrogens is 1. The molecular formula is C18H22FN3. The van der Waals surface area contributed by atoms with E-state index in [4.69, 9.17) is 0 Å². The molecule has 3 nitrogen and oxygen atoms in total. The Bertz CT molecular complexity index is 672. The van der Waals surface area contributed by atoms with E-state index in [0.29, 0.717) is 11.4 Å². The van der Waals surface area contributed by atoms with Gasteiger partial charge in [-0.1, -0.05) is 6.07 Å². The van der Waals surface area contributed by atoms with Crippen molar-refractivity contribution >= 4 is 10.9 Å². The van der Waals surface area contributed by atoms with Gasteiger partial charge in [0.25, 0.3) is 0 Å². The van der Waals surface area contributed by atoms with Gasteiger partial charge in [0.1, 0.15) is 5.82 Å². The monoisotopic (exact) mass is 299 g/mol. The summed E-state index contributed by atoms with van der Waals surface area (Å²) in [5.74, 6) is -0.176. The topological polar surface area (TPSA) is 19.4 Å². The number of hydrogen-bond donors (Lipinski definition) is 0. The van der Waals surface area contributed by atoms with Crippen LogP contribution in [0.2, 0.25) is 0 Å². The third-order valence-corrected chi connectivity index (χ3v) is 5.08. The van der Waals surface area contributed by atoms with Gasteiger partial charge in [-0.15, -0.1) is 0 Å². The second-order valence-corrected chi connectivity index (χ2v) is 6.53. The van der Waals surface area contributed by atoms with Gasteiger partial charge in [0, 0.05) is 30.7 Å². The minimum absolute atomic E-state index is 0.176. The minimum Gasteiger partial charge on any atom is -0.299 e. The second-order valence-electron chi connectivity index (χ2n) is 6.53. The van der Waals surface area contributed by atoms with Crippen molar-refractivity contribution in [3.8, 4) is 0 Å². The highest BCUT2D eigenvalue weighted by molar-refractivity contribution is 5.82. The van der Waals surface area contributed by atoms with Crippen LogP contribution in [0, 0.1) is 5.82 Å². The first-order valence-electron chi connectivity index (χ1n) is 8.30. The third kappa shape index (κ3) is 2.61. The van der Waals surface area contributed by atoms with E-state index in [-0.39, 0.29) is 5.82 Å². The van der Waals surface area contributed by atoms with Crippen LogP contribution < -0.4 is 0 Å². The van der Waals surface area contributed by atoms with Crippen LogP contribution in [0.5, 0.6) is 0 Å². The molecule has 2 fully saturated rings. The molecule has 116 valence electrons. The Labute approximate surface area is 130 Å². The van der Waals surface area contributed by atoms with E-state index in [0.717, 1.165) is 30.7 Å². The van der Waals surface area contributed by atoms with Crippen LogP contribution in [0.15, 0.2) is 30.5 Å². The molecule has 0 bridgehead atoms. The van der Waals surface area contributed by atoms with Crippen LogP contribution in [0.3, 0.4) is 0 Å². The molecule has 4 heteroatoms. The normalized spacial score (nSPS) is 23.6. The lowest BCUT2D eigenvalue weighted by molar-refractivity contribution is 0.216. The molecule has 0 spiro atoms. The highest BCUT2D eigenvalue weighted by Crippen LogP contribution is 2.25. The van der Waals surface area contributed by atoms with Gasteiger partial charge in [-0.3, -0.25) is 14.8 Å². The lowest BCUT2D eigenvalue weighted by atomic mass is 10.1. The summed E-state index contributed by atoms with van der Waals surface area (Å²) in [6, 6.07) is 7.82. The fourth-order valence-corrected chi connectivity index (χ4v) is 3.99. The minimum atomic E-state index is -0.176. The number of pyridine rings is 1. The molecule has 4 rings (SSSR count). The molecule has 2 aliphatic rings. The Morgan fingerprint density at radius 3 is 3.00 bits per heavy atom. The van der Waals surface area contributed by atoms with Crippen LogP contribution >= 0.6 is 0 Å². The van der Waals surface area contributed by atoms with Crippen LogP contribution in [-0.4, -0.2) is 47.0 Å². The summed E-state index contributed by atoms with van der Waals surface area (Å²) in [5.41, 5.74) is 1.96. The largest absolute Gasteiger partial charge is 0.299 e. The number of halogens is 1. The first kappa shape index (κ1) is 14.1. The van der Waals surface area contributed by atoms with Gasteiger partial charge in [0.2, 0.25) is 0 Å². The molecule has 1 atom stereocenters. The Morgan fingerprint density at radius 1 is 1.14 bits per heavy atom. The van der Waals surface area contributed by atoms with E-state index < -0.39 is 0 Å². The molecule has 2 aliphatic heterocycles. The SMILES string of the molecule is Fc1ccc(CN2CCCN3CCC[C@@H]3C2)c2ncccc12. The van der Waals surface area contributed by atoms with Crippen LogP contribution in [0.4, 0.5) is 4.39 Å². The Kier molecular flexibility index (Phi) is 3.80. The Balaban J connectivity index is 1.59. The summed E-state index contributed by atoms with van der Waals surface area (Å²) in [5, 5.41) is 0.636. The zero-order valence-electron chi connectivity index (χ0n) is 12.8. The standard InChI is InChI=1S/C18H22FN3/c19-17-7-6-14(18-16(17)5-1-8-20-18)12-21-9-3-11-22-10-2-4-15(22)13-21/h1,5-8,15H,2-4,9-13H2/t15-/m1/s1. The maximum atomic E-state index is 13.9. The zero-order valence-corrected chi connectivity index (χ0v) is 12.8.